The van der Waals surface area contributed by atoms with Crippen LogP contribution in [0.3, 0.4) is 0 Å². The molecule has 0 amide bonds. The van der Waals surface area contributed by atoms with Crippen molar-refractivity contribution < 1.29 is 13.9 Å². The number of methoxy groups -OCH3 is 1. The number of halogens is 3. The van der Waals surface area contributed by atoms with Crippen molar-refractivity contribution in [3.63, 3.8) is 0 Å². The van der Waals surface area contributed by atoms with Crippen LogP contribution in [0.2, 0.25) is 10.0 Å². The Balaban J connectivity index is 1.87. The minimum Gasteiger partial charge on any atom is -0.464 e. The number of esters is 1. The maximum Gasteiger partial charge on any atom is 0.355 e. The minimum atomic E-state index is -0.490. The van der Waals surface area contributed by atoms with Crippen molar-refractivity contribution >= 4 is 51.0 Å². The molecular weight excluding hydrogens is 440 g/mol. The average molecular weight is 456 g/mol. The first kappa shape index (κ1) is 19.7. The van der Waals surface area contributed by atoms with Gasteiger partial charge in [-0.15, -0.1) is 0 Å². The van der Waals surface area contributed by atoms with Gasteiger partial charge in [0, 0.05) is 69.7 Å². The fraction of sp³-hybridized carbons (Fsp3) is 0.0870. The van der Waals surface area contributed by atoms with Crippen LogP contribution >= 0.6 is 23.2 Å². The van der Waals surface area contributed by atoms with Gasteiger partial charge in [0.25, 0.3) is 0 Å². The Kier molecular flexibility index (Phi) is 4.57. The van der Waals surface area contributed by atoms with Gasteiger partial charge in [-0.2, -0.15) is 0 Å². The van der Waals surface area contributed by atoms with E-state index in [0.717, 1.165) is 27.5 Å². The molecule has 2 aromatic carbocycles. The Morgan fingerprint density at radius 1 is 0.968 bits per heavy atom. The molecule has 0 aliphatic carbocycles. The lowest BCUT2D eigenvalue weighted by molar-refractivity contribution is 0.0591. The zero-order valence-corrected chi connectivity index (χ0v) is 18.0. The largest absolute Gasteiger partial charge is 0.464 e. The number of nitrogens with zero attached hydrogens (tertiary/aromatic N) is 1. The summed E-state index contributed by atoms with van der Waals surface area (Å²) >= 11 is 12.4. The number of H-pyrrole nitrogens is 2. The predicted molar refractivity (Wildman–Crippen MR) is 121 cm³/mol. The van der Waals surface area contributed by atoms with Crippen LogP contribution in [-0.2, 0) is 11.8 Å². The Labute approximate surface area is 186 Å². The highest BCUT2D eigenvalue weighted by atomic mass is 35.5. The number of rotatable bonds is 3. The molecule has 5 aromatic rings. The van der Waals surface area contributed by atoms with Crippen LogP contribution in [0.15, 0.2) is 48.9 Å². The van der Waals surface area contributed by atoms with Gasteiger partial charge in [0.05, 0.1) is 17.2 Å². The number of carbonyl (C=O) groups is 1. The topological polar surface area (TPSA) is 62.8 Å². The van der Waals surface area contributed by atoms with E-state index in [1.165, 1.54) is 19.2 Å². The number of benzene rings is 2. The number of fused-ring (bicyclic) bond motifs is 2. The highest BCUT2D eigenvalue weighted by Gasteiger charge is 2.26. The van der Waals surface area contributed by atoms with Crippen LogP contribution in [0.25, 0.3) is 44.1 Å². The Bertz CT molecular complexity index is 1500. The molecule has 3 aromatic heterocycles. The lowest BCUT2D eigenvalue weighted by Gasteiger charge is -2.08. The third kappa shape index (κ3) is 3.02. The quantitative estimate of drug-likeness (QED) is 0.302. The molecule has 0 aliphatic rings. The molecule has 0 radical (unpaired) electrons. The molecule has 156 valence electrons. The van der Waals surface area contributed by atoms with E-state index in [2.05, 4.69) is 9.97 Å². The van der Waals surface area contributed by atoms with Gasteiger partial charge in [-0.25, -0.2) is 9.18 Å². The first-order chi connectivity index (χ1) is 14.9. The Hall–Kier alpha value is -3.22. The summed E-state index contributed by atoms with van der Waals surface area (Å²) in [6, 6.07) is 8.05. The molecule has 0 spiro atoms. The molecule has 0 saturated heterocycles. The predicted octanol–water partition coefficient (Wildman–Crippen LogP) is 6.55. The fourth-order valence-corrected chi connectivity index (χ4v) is 4.41. The van der Waals surface area contributed by atoms with Crippen LogP contribution in [0.5, 0.6) is 0 Å². The lowest BCUT2D eigenvalue weighted by Crippen LogP contribution is -2.08. The van der Waals surface area contributed by atoms with E-state index in [-0.39, 0.29) is 5.82 Å². The third-order valence-corrected chi connectivity index (χ3v) is 6.21. The molecular formula is C23H16Cl2FN3O2. The summed E-state index contributed by atoms with van der Waals surface area (Å²) in [5.41, 5.74) is 4.87. The van der Waals surface area contributed by atoms with E-state index in [1.807, 2.05) is 12.4 Å². The number of hydrogen-bond donors (Lipinski definition) is 2. The van der Waals surface area contributed by atoms with Crippen molar-refractivity contribution in [3.05, 3.63) is 70.5 Å². The summed E-state index contributed by atoms with van der Waals surface area (Å²) in [6.45, 7) is 0. The van der Waals surface area contributed by atoms with Gasteiger partial charge in [-0.3, -0.25) is 0 Å². The molecule has 0 aliphatic heterocycles. The molecule has 2 N–H and O–H groups in total. The number of ether oxygens (including phenoxy) is 1. The first-order valence-corrected chi connectivity index (χ1v) is 10.2. The summed E-state index contributed by atoms with van der Waals surface area (Å²) in [6.07, 6.45) is 5.46. The standard InChI is InChI=1S/C23H16Cl2FN3O2/c1-29-10-16(14-8-28-20-7-18(25)17(24)6-13(14)20)21(22(29)23(30)31-2)15-9-27-19-4-3-11(26)5-12(15)19/h3-10,27-28H,1-2H3. The van der Waals surface area contributed by atoms with E-state index in [1.54, 1.807) is 36.0 Å². The fourth-order valence-electron chi connectivity index (χ4n) is 4.09. The summed E-state index contributed by atoms with van der Waals surface area (Å²) in [4.78, 5) is 19.1. The van der Waals surface area contributed by atoms with Crippen molar-refractivity contribution in [1.82, 2.24) is 14.5 Å². The Morgan fingerprint density at radius 3 is 2.42 bits per heavy atom. The highest BCUT2D eigenvalue weighted by Crippen LogP contribution is 2.43. The summed E-state index contributed by atoms with van der Waals surface area (Å²) in [5, 5.41) is 2.38. The molecule has 31 heavy (non-hydrogen) atoms. The average Bonchev–Trinajstić information content (AvgIpc) is 3.42. The summed E-state index contributed by atoms with van der Waals surface area (Å²) in [5.74, 6) is -0.852. The zero-order chi connectivity index (χ0) is 21.9. The smallest absolute Gasteiger partial charge is 0.355 e. The summed E-state index contributed by atoms with van der Waals surface area (Å²) < 4.78 is 20.8. The second kappa shape index (κ2) is 7.18. The van der Waals surface area contributed by atoms with Crippen LogP contribution in [0.1, 0.15) is 10.5 Å². The number of nitrogens with one attached hydrogen (secondary N) is 2. The molecule has 0 saturated carbocycles. The van der Waals surface area contributed by atoms with Crippen molar-refractivity contribution in [3.8, 4) is 22.3 Å². The van der Waals surface area contributed by atoms with Crippen LogP contribution in [-0.4, -0.2) is 27.6 Å². The molecule has 3 heterocycles. The second-order valence-corrected chi connectivity index (χ2v) is 8.09. The van der Waals surface area contributed by atoms with Crippen molar-refractivity contribution in [2.75, 3.05) is 7.11 Å². The van der Waals surface area contributed by atoms with E-state index >= 15 is 0 Å². The summed E-state index contributed by atoms with van der Waals surface area (Å²) in [7, 11) is 3.11. The number of aromatic nitrogens is 3. The maximum absolute atomic E-state index is 14.1. The number of carbonyl (C=O) groups excluding carboxylic acids is 1. The van der Waals surface area contributed by atoms with Gasteiger partial charge < -0.3 is 19.3 Å². The normalized spacial score (nSPS) is 11.5. The van der Waals surface area contributed by atoms with Crippen molar-refractivity contribution in [1.29, 1.82) is 0 Å². The van der Waals surface area contributed by atoms with E-state index in [4.69, 9.17) is 27.9 Å². The maximum atomic E-state index is 14.1. The van der Waals surface area contributed by atoms with Crippen LogP contribution < -0.4 is 0 Å². The van der Waals surface area contributed by atoms with E-state index < -0.39 is 5.97 Å². The molecule has 0 bridgehead atoms. The van der Waals surface area contributed by atoms with Crippen molar-refractivity contribution in [2.24, 2.45) is 7.05 Å². The van der Waals surface area contributed by atoms with Gasteiger partial charge >= 0.3 is 5.97 Å². The van der Waals surface area contributed by atoms with Crippen molar-refractivity contribution in [2.45, 2.75) is 0 Å². The van der Waals surface area contributed by atoms with Gasteiger partial charge in [0.2, 0.25) is 0 Å². The molecule has 8 heteroatoms. The SMILES string of the molecule is COC(=O)c1c(-c2c[nH]c3ccc(F)cc23)c(-c2c[nH]c3cc(Cl)c(Cl)cc23)cn1C. The molecule has 0 unspecified atom stereocenters. The minimum absolute atomic E-state index is 0.358. The highest BCUT2D eigenvalue weighted by molar-refractivity contribution is 6.43. The number of aryl methyl sites for hydroxylation is 1. The zero-order valence-electron chi connectivity index (χ0n) is 16.5. The van der Waals surface area contributed by atoms with Gasteiger partial charge in [-0.05, 0) is 30.3 Å². The van der Waals surface area contributed by atoms with Gasteiger partial charge in [0.1, 0.15) is 11.5 Å². The molecule has 0 atom stereocenters. The molecule has 5 nitrogen and oxygen atoms in total. The lowest BCUT2D eigenvalue weighted by atomic mass is 9.96. The molecule has 5 rings (SSSR count). The number of aromatic amines is 2. The van der Waals surface area contributed by atoms with E-state index in [9.17, 15) is 9.18 Å². The monoisotopic (exact) mass is 455 g/mol. The second-order valence-electron chi connectivity index (χ2n) is 7.28. The van der Waals surface area contributed by atoms with E-state index in [0.29, 0.717) is 32.3 Å². The van der Waals surface area contributed by atoms with Crippen LogP contribution in [0.4, 0.5) is 4.39 Å². The van der Waals surface area contributed by atoms with Crippen LogP contribution in [0, 0.1) is 5.82 Å². The first-order valence-electron chi connectivity index (χ1n) is 9.40. The van der Waals surface area contributed by atoms with Gasteiger partial charge in [0.15, 0.2) is 0 Å². The van der Waals surface area contributed by atoms with Gasteiger partial charge in [-0.1, -0.05) is 23.2 Å². The molecule has 0 fully saturated rings. The third-order valence-electron chi connectivity index (χ3n) is 5.49. The number of hydrogen-bond acceptors (Lipinski definition) is 2. The Morgan fingerprint density at radius 2 is 1.65 bits per heavy atom.